The van der Waals surface area contributed by atoms with Crippen molar-refractivity contribution in [2.45, 2.75) is 13.0 Å². The molecule has 0 saturated heterocycles. The lowest BCUT2D eigenvalue weighted by Crippen LogP contribution is -2.40. The van der Waals surface area contributed by atoms with Crippen molar-refractivity contribution in [3.8, 4) is 11.5 Å². The molecule has 0 radical (unpaired) electrons. The van der Waals surface area contributed by atoms with Gasteiger partial charge in [-0.15, -0.1) is 0 Å². The lowest BCUT2D eigenvalue weighted by atomic mass is 10.2. The number of hydrogen-bond donors (Lipinski definition) is 1. The molecule has 1 atom stereocenters. The van der Waals surface area contributed by atoms with Crippen molar-refractivity contribution in [1.29, 1.82) is 0 Å². The largest absolute Gasteiger partial charge is 0.486 e. The minimum Gasteiger partial charge on any atom is -0.486 e. The second kappa shape index (κ2) is 6.39. The maximum absolute atomic E-state index is 11.8. The van der Waals surface area contributed by atoms with Crippen molar-refractivity contribution in [2.75, 3.05) is 13.2 Å². The molecular formula is C17H17NO4. The number of carbonyl (C=O) groups is 1. The standard InChI is InChI=1S/C17H17NO4/c1-12-6-7-13(21-12)8-9-17(19)18-10-14-11-20-15-4-2-3-5-16(15)22-14/h2-9,14H,10-11H2,1H3,(H,18,19). The predicted molar refractivity (Wildman–Crippen MR) is 81.8 cm³/mol. The molecule has 0 spiro atoms. The van der Waals surface area contributed by atoms with Gasteiger partial charge in [-0.25, -0.2) is 0 Å². The summed E-state index contributed by atoms with van der Waals surface area (Å²) < 4.78 is 16.7. The minimum atomic E-state index is -0.198. The zero-order valence-electron chi connectivity index (χ0n) is 12.2. The summed E-state index contributed by atoms with van der Waals surface area (Å²) in [6.07, 6.45) is 2.88. The molecule has 1 aromatic carbocycles. The zero-order chi connectivity index (χ0) is 15.4. The van der Waals surface area contributed by atoms with E-state index in [0.717, 1.165) is 11.5 Å². The number of rotatable bonds is 4. The summed E-state index contributed by atoms with van der Waals surface area (Å²) in [7, 11) is 0. The summed E-state index contributed by atoms with van der Waals surface area (Å²) >= 11 is 0. The zero-order valence-corrected chi connectivity index (χ0v) is 12.2. The predicted octanol–water partition coefficient (Wildman–Crippen LogP) is 2.56. The van der Waals surface area contributed by atoms with Crippen LogP contribution in [0.1, 0.15) is 11.5 Å². The highest BCUT2D eigenvalue weighted by Crippen LogP contribution is 2.30. The van der Waals surface area contributed by atoms with Crippen molar-refractivity contribution in [2.24, 2.45) is 0 Å². The van der Waals surface area contributed by atoms with E-state index in [4.69, 9.17) is 13.9 Å². The first kappa shape index (κ1) is 14.3. The SMILES string of the molecule is Cc1ccc(C=CC(=O)NCC2COc3ccccc3O2)o1. The Bertz CT molecular complexity index is 689. The number of aryl methyl sites for hydroxylation is 1. The molecular weight excluding hydrogens is 282 g/mol. The van der Waals surface area contributed by atoms with Gasteiger partial charge in [0.2, 0.25) is 5.91 Å². The molecule has 22 heavy (non-hydrogen) atoms. The van der Waals surface area contributed by atoms with Gasteiger partial charge in [-0.05, 0) is 37.3 Å². The van der Waals surface area contributed by atoms with Gasteiger partial charge in [0.25, 0.3) is 0 Å². The number of para-hydroxylation sites is 2. The third-order valence-electron chi connectivity index (χ3n) is 3.23. The maximum atomic E-state index is 11.8. The molecule has 5 heteroatoms. The van der Waals surface area contributed by atoms with Crippen molar-refractivity contribution >= 4 is 12.0 Å². The van der Waals surface area contributed by atoms with Crippen LogP contribution in [0.3, 0.4) is 0 Å². The first-order valence-corrected chi connectivity index (χ1v) is 7.11. The Morgan fingerprint density at radius 3 is 2.86 bits per heavy atom. The summed E-state index contributed by atoms with van der Waals surface area (Å²) in [6, 6.07) is 11.2. The Morgan fingerprint density at radius 2 is 2.09 bits per heavy atom. The van der Waals surface area contributed by atoms with Crippen LogP contribution in [-0.4, -0.2) is 25.2 Å². The van der Waals surface area contributed by atoms with Crippen molar-refractivity contribution in [3.63, 3.8) is 0 Å². The summed E-state index contributed by atoms with van der Waals surface area (Å²) in [4.78, 5) is 11.8. The van der Waals surface area contributed by atoms with Gasteiger partial charge in [0.1, 0.15) is 24.2 Å². The normalized spacial score (nSPS) is 16.7. The van der Waals surface area contributed by atoms with Crippen LogP contribution < -0.4 is 14.8 Å². The topological polar surface area (TPSA) is 60.7 Å². The van der Waals surface area contributed by atoms with E-state index in [1.807, 2.05) is 43.3 Å². The maximum Gasteiger partial charge on any atom is 0.244 e. The van der Waals surface area contributed by atoms with E-state index >= 15 is 0 Å². The Kier molecular flexibility index (Phi) is 4.14. The fraction of sp³-hybridized carbons (Fsp3) is 0.235. The second-order valence-electron chi connectivity index (χ2n) is 5.02. The number of furan rings is 1. The highest BCUT2D eigenvalue weighted by Gasteiger charge is 2.20. The van der Waals surface area contributed by atoms with Crippen LogP contribution in [-0.2, 0) is 4.79 Å². The Labute approximate surface area is 128 Å². The van der Waals surface area contributed by atoms with Crippen LogP contribution in [0.25, 0.3) is 6.08 Å². The fourth-order valence-corrected chi connectivity index (χ4v) is 2.14. The van der Waals surface area contributed by atoms with E-state index in [2.05, 4.69) is 5.32 Å². The third kappa shape index (κ3) is 3.49. The molecule has 1 aliphatic heterocycles. The molecule has 1 amide bonds. The number of amides is 1. The van der Waals surface area contributed by atoms with Gasteiger partial charge < -0.3 is 19.2 Å². The third-order valence-corrected chi connectivity index (χ3v) is 3.23. The van der Waals surface area contributed by atoms with Gasteiger partial charge in [0.15, 0.2) is 11.5 Å². The van der Waals surface area contributed by atoms with E-state index in [1.165, 1.54) is 6.08 Å². The van der Waals surface area contributed by atoms with Crippen molar-refractivity contribution in [3.05, 3.63) is 54.0 Å². The highest BCUT2D eigenvalue weighted by molar-refractivity contribution is 5.91. The highest BCUT2D eigenvalue weighted by atomic mass is 16.6. The monoisotopic (exact) mass is 299 g/mol. The molecule has 1 aliphatic rings. The van der Waals surface area contributed by atoms with Crippen molar-refractivity contribution in [1.82, 2.24) is 5.32 Å². The lowest BCUT2D eigenvalue weighted by Gasteiger charge is -2.26. The van der Waals surface area contributed by atoms with Crippen LogP contribution in [0, 0.1) is 6.92 Å². The fourth-order valence-electron chi connectivity index (χ4n) is 2.14. The van der Waals surface area contributed by atoms with Gasteiger partial charge in [0, 0.05) is 6.08 Å². The summed E-state index contributed by atoms with van der Waals surface area (Å²) in [6.45, 7) is 2.66. The van der Waals surface area contributed by atoms with Crippen LogP contribution in [0.5, 0.6) is 11.5 Å². The van der Waals surface area contributed by atoms with Crippen LogP contribution in [0.4, 0.5) is 0 Å². The molecule has 1 aromatic heterocycles. The Hall–Kier alpha value is -2.69. The van der Waals surface area contributed by atoms with E-state index in [-0.39, 0.29) is 12.0 Å². The molecule has 0 saturated carbocycles. The first-order chi connectivity index (χ1) is 10.7. The minimum absolute atomic E-state index is 0.196. The van der Waals surface area contributed by atoms with Gasteiger partial charge in [-0.2, -0.15) is 0 Å². The Balaban J connectivity index is 1.49. The van der Waals surface area contributed by atoms with E-state index < -0.39 is 0 Å². The van der Waals surface area contributed by atoms with Gasteiger partial charge in [-0.1, -0.05) is 12.1 Å². The van der Waals surface area contributed by atoms with Gasteiger partial charge in [0.05, 0.1) is 6.54 Å². The molecule has 2 heterocycles. The summed E-state index contributed by atoms with van der Waals surface area (Å²) in [5.74, 6) is 2.70. The number of hydrogen-bond acceptors (Lipinski definition) is 4. The van der Waals surface area contributed by atoms with Crippen LogP contribution >= 0.6 is 0 Å². The first-order valence-electron chi connectivity index (χ1n) is 7.11. The number of nitrogens with one attached hydrogen (secondary N) is 1. The van der Waals surface area contributed by atoms with Crippen LogP contribution in [0.15, 0.2) is 46.9 Å². The molecule has 1 N–H and O–H groups in total. The molecule has 3 rings (SSSR count). The van der Waals surface area contributed by atoms with Crippen LogP contribution in [0.2, 0.25) is 0 Å². The lowest BCUT2D eigenvalue weighted by molar-refractivity contribution is -0.116. The smallest absolute Gasteiger partial charge is 0.244 e. The average Bonchev–Trinajstić information content (AvgIpc) is 2.96. The number of benzene rings is 1. The van der Waals surface area contributed by atoms with Crippen molar-refractivity contribution < 1.29 is 18.7 Å². The molecule has 1 unspecified atom stereocenters. The van der Waals surface area contributed by atoms with Gasteiger partial charge in [-0.3, -0.25) is 4.79 Å². The molecule has 0 bridgehead atoms. The number of fused-ring (bicyclic) bond motifs is 1. The van der Waals surface area contributed by atoms with Gasteiger partial charge >= 0.3 is 0 Å². The van der Waals surface area contributed by atoms with E-state index in [0.29, 0.717) is 24.7 Å². The molecule has 0 fully saturated rings. The summed E-state index contributed by atoms with van der Waals surface area (Å²) in [5.41, 5.74) is 0. The summed E-state index contributed by atoms with van der Waals surface area (Å²) in [5, 5.41) is 2.79. The molecule has 5 nitrogen and oxygen atoms in total. The molecule has 114 valence electrons. The molecule has 0 aliphatic carbocycles. The number of carbonyl (C=O) groups excluding carboxylic acids is 1. The quantitative estimate of drug-likeness (QED) is 0.881. The Morgan fingerprint density at radius 1 is 1.27 bits per heavy atom. The van der Waals surface area contributed by atoms with E-state index in [9.17, 15) is 4.79 Å². The molecule has 2 aromatic rings. The second-order valence-corrected chi connectivity index (χ2v) is 5.02. The average molecular weight is 299 g/mol. The van der Waals surface area contributed by atoms with E-state index in [1.54, 1.807) is 6.08 Å². The number of ether oxygens (including phenoxy) is 2.